The summed E-state index contributed by atoms with van der Waals surface area (Å²) >= 11 is 0. The second kappa shape index (κ2) is 12.3. The van der Waals surface area contributed by atoms with Crippen molar-refractivity contribution in [2.75, 3.05) is 13.2 Å². The van der Waals surface area contributed by atoms with E-state index in [1.807, 2.05) is 6.92 Å². The van der Waals surface area contributed by atoms with E-state index in [4.69, 9.17) is 19.8 Å². The lowest BCUT2D eigenvalue weighted by molar-refractivity contribution is -0.340. The Morgan fingerprint density at radius 1 is 0.781 bits per heavy atom. The van der Waals surface area contributed by atoms with E-state index in [-0.39, 0.29) is 24.1 Å². The van der Waals surface area contributed by atoms with E-state index in [1.54, 1.807) is 0 Å². The van der Waals surface area contributed by atoms with Crippen LogP contribution in [0.15, 0.2) is 0 Å². The monoisotopic (exact) mass is 456 g/mol. The van der Waals surface area contributed by atoms with Gasteiger partial charge in [-0.3, -0.25) is 14.8 Å². The highest BCUT2D eigenvalue weighted by Crippen LogP contribution is 2.36. The third-order valence-corrected chi connectivity index (χ3v) is 7.81. The van der Waals surface area contributed by atoms with Crippen molar-refractivity contribution in [3.8, 4) is 0 Å². The van der Waals surface area contributed by atoms with Gasteiger partial charge in [0.2, 0.25) is 0 Å². The smallest absolute Gasteiger partial charge is 0.310 e. The largest absolute Gasteiger partial charge is 0.481 e. The fourth-order valence-electron chi connectivity index (χ4n) is 5.74. The molecule has 3 rings (SSSR count). The van der Waals surface area contributed by atoms with E-state index in [0.717, 1.165) is 38.5 Å². The van der Waals surface area contributed by atoms with Gasteiger partial charge in [0.15, 0.2) is 0 Å². The van der Waals surface area contributed by atoms with Gasteiger partial charge in [-0.15, -0.1) is 0 Å². The Morgan fingerprint density at radius 2 is 1.44 bits per heavy atom. The lowest BCUT2D eigenvalue weighted by atomic mass is 9.74. The molecule has 3 fully saturated rings. The van der Waals surface area contributed by atoms with Crippen molar-refractivity contribution in [2.24, 2.45) is 35.5 Å². The molecule has 8 heteroatoms. The second-order valence-corrected chi connectivity index (χ2v) is 10.4. The Balaban J connectivity index is 1.36. The number of hydrogen-bond donors (Lipinski definition) is 2. The maximum absolute atomic E-state index is 12.7. The van der Waals surface area contributed by atoms with Gasteiger partial charge < -0.3 is 9.84 Å². The molecule has 0 heterocycles. The number of aliphatic carboxylic acids is 1. The average molecular weight is 457 g/mol. The van der Waals surface area contributed by atoms with Crippen molar-refractivity contribution in [3.63, 3.8) is 0 Å². The van der Waals surface area contributed by atoms with E-state index in [9.17, 15) is 14.7 Å². The zero-order chi connectivity index (χ0) is 23.1. The van der Waals surface area contributed by atoms with Gasteiger partial charge in [0.1, 0.15) is 6.10 Å². The Kier molecular flexibility index (Phi) is 9.77. The van der Waals surface area contributed by atoms with Crippen LogP contribution in [0.5, 0.6) is 0 Å². The molecule has 2 N–H and O–H groups in total. The summed E-state index contributed by atoms with van der Waals surface area (Å²) in [5.74, 6) is -0.862. The summed E-state index contributed by atoms with van der Waals surface area (Å²) in [6.07, 6.45) is 7.88. The normalized spacial score (nSPS) is 38.2. The molecule has 184 valence electrons. The van der Waals surface area contributed by atoms with Gasteiger partial charge in [0, 0.05) is 0 Å². The molecule has 3 aliphatic carbocycles. The zero-order valence-electron chi connectivity index (χ0n) is 19.4. The van der Waals surface area contributed by atoms with Gasteiger partial charge in [-0.2, -0.15) is 0 Å². The lowest BCUT2D eigenvalue weighted by Gasteiger charge is -2.34. The molecule has 0 saturated heterocycles. The van der Waals surface area contributed by atoms with Crippen LogP contribution in [0.3, 0.4) is 0 Å². The van der Waals surface area contributed by atoms with Gasteiger partial charge >= 0.3 is 11.9 Å². The van der Waals surface area contributed by atoms with E-state index in [1.165, 1.54) is 0 Å². The SMILES string of the molecule is CC1CCC(COOC2CCC(OC(=O)C3CCC(C)CC3C(=O)O)CC2)C(COO)C1. The molecule has 8 nitrogen and oxygen atoms in total. The van der Waals surface area contributed by atoms with Crippen LogP contribution in [0.4, 0.5) is 0 Å². The van der Waals surface area contributed by atoms with Crippen molar-refractivity contribution in [1.29, 1.82) is 0 Å². The third-order valence-electron chi connectivity index (χ3n) is 7.81. The fourth-order valence-corrected chi connectivity index (χ4v) is 5.74. The number of esters is 1. The Bertz CT molecular complexity index is 603. The van der Waals surface area contributed by atoms with Gasteiger partial charge in [-0.05, 0) is 81.5 Å². The van der Waals surface area contributed by atoms with Crippen LogP contribution >= 0.6 is 0 Å². The highest BCUT2D eigenvalue weighted by Gasteiger charge is 2.40. The molecule has 3 saturated carbocycles. The van der Waals surface area contributed by atoms with Crippen LogP contribution in [-0.4, -0.2) is 47.7 Å². The summed E-state index contributed by atoms with van der Waals surface area (Å²) in [6.45, 7) is 5.08. The van der Waals surface area contributed by atoms with Gasteiger partial charge in [-0.25, -0.2) is 14.7 Å². The van der Waals surface area contributed by atoms with E-state index in [2.05, 4.69) is 11.8 Å². The molecule has 0 aromatic carbocycles. The fraction of sp³-hybridized carbons (Fsp3) is 0.917. The molecule has 0 radical (unpaired) electrons. The molecule has 32 heavy (non-hydrogen) atoms. The summed E-state index contributed by atoms with van der Waals surface area (Å²) < 4.78 is 5.71. The number of carbonyl (C=O) groups excluding carboxylic acids is 1. The quantitative estimate of drug-likeness (QED) is 0.297. The van der Waals surface area contributed by atoms with Crippen LogP contribution in [0.25, 0.3) is 0 Å². The Labute approximate surface area is 190 Å². The van der Waals surface area contributed by atoms with Crippen molar-refractivity contribution in [1.82, 2.24) is 0 Å². The first-order valence-corrected chi connectivity index (χ1v) is 12.3. The molecule has 0 bridgehead atoms. The molecule has 6 unspecified atom stereocenters. The predicted octanol–water partition coefficient (Wildman–Crippen LogP) is 4.47. The van der Waals surface area contributed by atoms with E-state index < -0.39 is 17.8 Å². The summed E-state index contributed by atoms with van der Waals surface area (Å²) in [7, 11) is 0. The third kappa shape index (κ3) is 7.14. The Morgan fingerprint density at radius 3 is 2.12 bits per heavy atom. The van der Waals surface area contributed by atoms with Crippen LogP contribution in [0.2, 0.25) is 0 Å². The van der Waals surface area contributed by atoms with E-state index in [0.29, 0.717) is 56.7 Å². The molecule has 3 aliphatic rings. The van der Waals surface area contributed by atoms with Crippen molar-refractivity contribution >= 4 is 11.9 Å². The molecule has 0 aliphatic heterocycles. The average Bonchev–Trinajstić information content (AvgIpc) is 2.76. The minimum Gasteiger partial charge on any atom is -0.481 e. The minimum atomic E-state index is -0.895. The number of carboxylic acid groups (broad SMARTS) is 1. The lowest BCUT2D eigenvalue weighted by Crippen LogP contribution is -2.38. The number of carboxylic acids is 1. The minimum absolute atomic E-state index is 0.0256. The zero-order valence-corrected chi connectivity index (χ0v) is 19.4. The highest BCUT2D eigenvalue weighted by molar-refractivity contribution is 5.81. The van der Waals surface area contributed by atoms with Crippen molar-refractivity contribution < 1.29 is 39.4 Å². The maximum Gasteiger partial charge on any atom is 0.310 e. The number of ether oxygens (including phenoxy) is 1. The first-order valence-electron chi connectivity index (χ1n) is 12.3. The van der Waals surface area contributed by atoms with Crippen LogP contribution < -0.4 is 0 Å². The molecule has 0 amide bonds. The summed E-state index contributed by atoms with van der Waals surface area (Å²) in [5, 5.41) is 18.3. The van der Waals surface area contributed by atoms with Gasteiger partial charge in [-0.1, -0.05) is 20.3 Å². The topological polar surface area (TPSA) is 112 Å². The molecular weight excluding hydrogens is 416 g/mol. The van der Waals surface area contributed by atoms with Crippen LogP contribution in [0.1, 0.15) is 78.1 Å². The van der Waals surface area contributed by atoms with Crippen LogP contribution in [0, 0.1) is 35.5 Å². The molecular formula is C24H40O8. The summed E-state index contributed by atoms with van der Waals surface area (Å²) in [5.41, 5.74) is 0. The standard InChI is InChI=1S/C24H40O8/c1-15-3-5-17(18(11-15)13-29-28)14-30-32-20-8-6-19(7-9-20)31-24(27)21-10-4-16(2)12-22(21)23(25)26/h15-22,28H,3-14H2,1-2H3,(H,25,26). The van der Waals surface area contributed by atoms with Crippen molar-refractivity contribution in [2.45, 2.75) is 90.3 Å². The van der Waals surface area contributed by atoms with E-state index >= 15 is 0 Å². The first-order chi connectivity index (χ1) is 15.4. The molecule has 0 aromatic rings. The molecule has 0 aromatic heterocycles. The molecule has 6 atom stereocenters. The number of hydrogen-bond acceptors (Lipinski definition) is 7. The first kappa shape index (κ1) is 25.4. The highest BCUT2D eigenvalue weighted by atomic mass is 17.2. The number of carbonyl (C=O) groups is 2. The maximum atomic E-state index is 12.7. The molecule has 0 spiro atoms. The van der Waals surface area contributed by atoms with Gasteiger partial charge in [0.05, 0.1) is 31.2 Å². The summed E-state index contributed by atoms with van der Waals surface area (Å²) in [4.78, 5) is 39.9. The van der Waals surface area contributed by atoms with Crippen LogP contribution in [-0.2, 0) is 29.0 Å². The van der Waals surface area contributed by atoms with Gasteiger partial charge in [0.25, 0.3) is 0 Å². The Hall–Kier alpha value is -1.22. The number of rotatable bonds is 9. The summed E-state index contributed by atoms with van der Waals surface area (Å²) in [6, 6.07) is 0. The van der Waals surface area contributed by atoms with Crippen molar-refractivity contribution in [3.05, 3.63) is 0 Å². The second-order valence-electron chi connectivity index (χ2n) is 10.4. The predicted molar refractivity (Wildman–Crippen MR) is 115 cm³/mol.